The maximum absolute atomic E-state index is 11.9. The molecule has 1 aromatic carbocycles. The molecule has 0 unspecified atom stereocenters. The number of rotatable bonds is 2. The molecule has 0 radical (unpaired) electrons. The van der Waals surface area contributed by atoms with Gasteiger partial charge in [0, 0.05) is 24.0 Å². The van der Waals surface area contributed by atoms with E-state index in [1.807, 2.05) is 52.1 Å². The lowest BCUT2D eigenvalue weighted by atomic mass is 9.95. The molecule has 0 aliphatic heterocycles. The van der Waals surface area contributed by atoms with Crippen molar-refractivity contribution < 1.29 is 4.79 Å². The molecular formula is C13H18ClNO. The van der Waals surface area contributed by atoms with Crippen molar-refractivity contribution in [3.63, 3.8) is 0 Å². The van der Waals surface area contributed by atoms with Crippen molar-refractivity contribution in [1.82, 2.24) is 4.90 Å². The van der Waals surface area contributed by atoms with E-state index in [0.29, 0.717) is 11.6 Å². The molecule has 0 saturated heterocycles. The monoisotopic (exact) mass is 239 g/mol. The molecule has 88 valence electrons. The summed E-state index contributed by atoms with van der Waals surface area (Å²) in [6.07, 6.45) is 0. The highest BCUT2D eigenvalue weighted by Crippen LogP contribution is 2.18. The van der Waals surface area contributed by atoms with Gasteiger partial charge in [-0.2, -0.15) is 0 Å². The molecule has 1 amide bonds. The Labute approximate surface area is 102 Å². The van der Waals surface area contributed by atoms with E-state index in [-0.39, 0.29) is 11.3 Å². The second-order valence-electron chi connectivity index (χ2n) is 5.04. The van der Waals surface area contributed by atoms with Crippen LogP contribution >= 0.6 is 11.6 Å². The fourth-order valence-electron chi connectivity index (χ4n) is 1.51. The van der Waals surface area contributed by atoms with Gasteiger partial charge in [0.05, 0.1) is 0 Å². The van der Waals surface area contributed by atoms with Gasteiger partial charge in [0.1, 0.15) is 0 Å². The van der Waals surface area contributed by atoms with Crippen LogP contribution in [0.1, 0.15) is 26.3 Å². The molecule has 2 nitrogen and oxygen atoms in total. The lowest BCUT2D eigenvalue weighted by Crippen LogP contribution is -2.36. The minimum Gasteiger partial charge on any atom is -0.341 e. The third kappa shape index (κ3) is 3.53. The number of halogens is 1. The first kappa shape index (κ1) is 13.0. The predicted molar refractivity (Wildman–Crippen MR) is 67.4 cm³/mol. The SMILES string of the molecule is CN(Cc1ccc(Cl)cc1)C(=O)C(C)(C)C. The van der Waals surface area contributed by atoms with E-state index in [4.69, 9.17) is 11.6 Å². The van der Waals surface area contributed by atoms with E-state index < -0.39 is 0 Å². The summed E-state index contributed by atoms with van der Waals surface area (Å²) in [7, 11) is 1.82. The number of hydrogen-bond donors (Lipinski definition) is 0. The van der Waals surface area contributed by atoms with Gasteiger partial charge >= 0.3 is 0 Å². The van der Waals surface area contributed by atoms with Crippen LogP contribution in [0.5, 0.6) is 0 Å². The number of amides is 1. The van der Waals surface area contributed by atoms with Gasteiger partial charge in [0.2, 0.25) is 5.91 Å². The Morgan fingerprint density at radius 1 is 1.25 bits per heavy atom. The molecule has 0 atom stereocenters. The van der Waals surface area contributed by atoms with Crippen molar-refractivity contribution in [3.05, 3.63) is 34.9 Å². The summed E-state index contributed by atoms with van der Waals surface area (Å²) in [6.45, 7) is 6.39. The maximum atomic E-state index is 11.9. The zero-order valence-corrected chi connectivity index (χ0v) is 11.0. The van der Waals surface area contributed by atoms with E-state index in [1.165, 1.54) is 0 Å². The topological polar surface area (TPSA) is 20.3 Å². The second kappa shape index (κ2) is 4.88. The van der Waals surface area contributed by atoms with Crippen molar-refractivity contribution in [3.8, 4) is 0 Å². The predicted octanol–water partition coefficient (Wildman–Crippen LogP) is 3.34. The maximum Gasteiger partial charge on any atom is 0.227 e. The van der Waals surface area contributed by atoms with Crippen LogP contribution in [-0.4, -0.2) is 17.9 Å². The molecule has 0 aromatic heterocycles. The lowest BCUT2D eigenvalue weighted by Gasteiger charge is -2.26. The summed E-state index contributed by atoms with van der Waals surface area (Å²) in [4.78, 5) is 13.7. The van der Waals surface area contributed by atoms with Crippen molar-refractivity contribution in [2.24, 2.45) is 5.41 Å². The summed E-state index contributed by atoms with van der Waals surface area (Å²) < 4.78 is 0. The highest BCUT2D eigenvalue weighted by molar-refractivity contribution is 6.30. The first-order valence-electron chi connectivity index (χ1n) is 5.31. The van der Waals surface area contributed by atoms with E-state index in [9.17, 15) is 4.79 Å². The Kier molecular flexibility index (Phi) is 3.98. The zero-order valence-electron chi connectivity index (χ0n) is 10.2. The third-order valence-corrected chi connectivity index (χ3v) is 2.57. The van der Waals surface area contributed by atoms with Gasteiger partial charge in [-0.15, -0.1) is 0 Å². The van der Waals surface area contributed by atoms with Crippen LogP contribution in [0, 0.1) is 5.41 Å². The number of nitrogens with zero attached hydrogens (tertiary/aromatic N) is 1. The standard InChI is InChI=1S/C13H18ClNO/c1-13(2,3)12(16)15(4)9-10-5-7-11(14)8-6-10/h5-8H,9H2,1-4H3. The van der Waals surface area contributed by atoms with Gasteiger partial charge in [-0.05, 0) is 17.7 Å². The second-order valence-corrected chi connectivity index (χ2v) is 5.47. The van der Waals surface area contributed by atoms with Crippen molar-refractivity contribution >= 4 is 17.5 Å². The van der Waals surface area contributed by atoms with E-state index in [1.54, 1.807) is 4.90 Å². The average molecular weight is 240 g/mol. The van der Waals surface area contributed by atoms with E-state index in [0.717, 1.165) is 5.56 Å². The third-order valence-electron chi connectivity index (χ3n) is 2.32. The molecule has 3 heteroatoms. The van der Waals surface area contributed by atoms with E-state index in [2.05, 4.69) is 0 Å². The summed E-state index contributed by atoms with van der Waals surface area (Å²) in [5.41, 5.74) is 0.755. The molecule has 0 spiro atoms. The first-order valence-corrected chi connectivity index (χ1v) is 5.68. The average Bonchev–Trinajstić information content (AvgIpc) is 2.19. The lowest BCUT2D eigenvalue weighted by molar-refractivity contribution is -0.138. The van der Waals surface area contributed by atoms with E-state index >= 15 is 0 Å². The number of benzene rings is 1. The van der Waals surface area contributed by atoms with Gasteiger partial charge in [-0.25, -0.2) is 0 Å². The van der Waals surface area contributed by atoms with Crippen LogP contribution < -0.4 is 0 Å². The van der Waals surface area contributed by atoms with Gasteiger partial charge < -0.3 is 4.90 Å². The molecular weight excluding hydrogens is 222 g/mol. The Bertz CT molecular complexity index is 365. The Balaban J connectivity index is 2.68. The van der Waals surface area contributed by atoms with Crippen molar-refractivity contribution in [1.29, 1.82) is 0 Å². The summed E-state index contributed by atoms with van der Waals surface area (Å²) >= 11 is 5.80. The smallest absolute Gasteiger partial charge is 0.227 e. The Morgan fingerprint density at radius 2 is 1.75 bits per heavy atom. The molecule has 16 heavy (non-hydrogen) atoms. The van der Waals surface area contributed by atoms with Gasteiger partial charge in [-0.1, -0.05) is 44.5 Å². The normalized spacial score (nSPS) is 11.3. The molecule has 0 saturated carbocycles. The molecule has 0 aliphatic carbocycles. The van der Waals surface area contributed by atoms with Gasteiger partial charge in [0.15, 0.2) is 0 Å². The van der Waals surface area contributed by atoms with Crippen LogP contribution in [0.15, 0.2) is 24.3 Å². The van der Waals surface area contributed by atoms with Crippen molar-refractivity contribution in [2.75, 3.05) is 7.05 Å². The minimum atomic E-state index is -0.332. The summed E-state index contributed by atoms with van der Waals surface area (Å²) in [5.74, 6) is 0.141. The summed E-state index contributed by atoms with van der Waals surface area (Å²) in [6, 6.07) is 7.56. The molecule has 1 rings (SSSR count). The first-order chi connectivity index (χ1) is 7.30. The number of carbonyl (C=O) groups excluding carboxylic acids is 1. The molecule has 0 bridgehead atoms. The highest BCUT2D eigenvalue weighted by Gasteiger charge is 2.24. The molecule has 0 N–H and O–H groups in total. The minimum absolute atomic E-state index is 0.141. The largest absolute Gasteiger partial charge is 0.341 e. The zero-order chi connectivity index (χ0) is 12.3. The Morgan fingerprint density at radius 3 is 2.19 bits per heavy atom. The number of hydrogen-bond acceptors (Lipinski definition) is 1. The summed E-state index contributed by atoms with van der Waals surface area (Å²) in [5, 5.41) is 0.716. The van der Waals surface area contributed by atoms with Crippen LogP contribution in [0.3, 0.4) is 0 Å². The molecule has 0 aliphatic rings. The Hall–Kier alpha value is -1.02. The van der Waals surface area contributed by atoms with Crippen molar-refractivity contribution in [2.45, 2.75) is 27.3 Å². The van der Waals surface area contributed by atoms with Gasteiger partial charge in [-0.3, -0.25) is 4.79 Å². The van der Waals surface area contributed by atoms with Crippen LogP contribution in [0.25, 0.3) is 0 Å². The fraction of sp³-hybridized carbons (Fsp3) is 0.462. The van der Waals surface area contributed by atoms with Crippen LogP contribution in [-0.2, 0) is 11.3 Å². The number of carbonyl (C=O) groups is 1. The van der Waals surface area contributed by atoms with Crippen LogP contribution in [0.2, 0.25) is 5.02 Å². The molecule has 1 aromatic rings. The van der Waals surface area contributed by atoms with Gasteiger partial charge in [0.25, 0.3) is 0 Å². The highest BCUT2D eigenvalue weighted by atomic mass is 35.5. The fourth-order valence-corrected chi connectivity index (χ4v) is 1.63. The quantitative estimate of drug-likeness (QED) is 0.775. The van der Waals surface area contributed by atoms with Crippen LogP contribution in [0.4, 0.5) is 0 Å². The molecule has 0 heterocycles. The molecule has 0 fully saturated rings.